The number of benzene rings is 2. The molecule has 376 valence electrons. The Kier molecular flexibility index (Phi) is 17.3. The van der Waals surface area contributed by atoms with E-state index in [0.29, 0.717) is 31.4 Å². The topological polar surface area (TPSA) is 187 Å². The monoisotopic (exact) mass is 987 g/mol. The molecule has 8 rings (SSSR count). The lowest BCUT2D eigenvalue weighted by Crippen LogP contribution is -2.57. The molecule has 2 aromatic rings. The Morgan fingerprint density at radius 1 is 0.652 bits per heavy atom. The number of fused-ring (bicyclic) bond motifs is 4. The van der Waals surface area contributed by atoms with Crippen molar-refractivity contribution in [2.45, 2.75) is 184 Å². The van der Waals surface area contributed by atoms with Crippen molar-refractivity contribution in [3.05, 3.63) is 70.8 Å². The molecule has 4 heterocycles. The van der Waals surface area contributed by atoms with E-state index in [1.165, 1.54) is 28.6 Å². The number of aryl methyl sites for hydroxylation is 2. The Bertz CT molecular complexity index is 2220. The third kappa shape index (κ3) is 12.4. The third-order valence-electron chi connectivity index (χ3n) is 14.5. The van der Waals surface area contributed by atoms with Crippen LogP contribution in [0.3, 0.4) is 0 Å². The van der Waals surface area contributed by atoms with Crippen molar-refractivity contribution >= 4 is 65.1 Å². The van der Waals surface area contributed by atoms with E-state index >= 15 is 0 Å². The van der Waals surface area contributed by atoms with Gasteiger partial charge in [-0.1, -0.05) is 62.4 Å². The SMILES string of the molecule is CC[C@@H](C)C(=O)N[C@H]1CCS[C@H]2CC[C@H](C(=O)N[C@@H]3CCCc4ccccc43)N2C1=O.C[C@@H](C(=O)N[C@H]1CCS[C@H]2CC[C@H](C(=O)N[C@@H]3CCCc4ccccc43)N2C1=O)N(C)C(=O)OC(C)(C)C. The molecule has 2 aliphatic carbocycles. The molecule has 2 aromatic carbocycles. The fourth-order valence-electron chi connectivity index (χ4n) is 10.3. The Morgan fingerprint density at radius 2 is 1.10 bits per heavy atom. The van der Waals surface area contributed by atoms with Crippen LogP contribution in [0.25, 0.3) is 0 Å². The van der Waals surface area contributed by atoms with Gasteiger partial charge in [-0.25, -0.2) is 4.79 Å². The predicted octanol–water partition coefficient (Wildman–Crippen LogP) is 6.54. The van der Waals surface area contributed by atoms with Crippen LogP contribution in [-0.4, -0.2) is 121 Å². The minimum absolute atomic E-state index is 0.00661. The highest BCUT2D eigenvalue weighted by atomic mass is 32.2. The average Bonchev–Trinajstić information content (AvgIpc) is 3.89. The molecule has 15 nitrogen and oxygen atoms in total. The van der Waals surface area contributed by atoms with Gasteiger partial charge in [0.05, 0.1) is 22.8 Å². The van der Waals surface area contributed by atoms with Crippen molar-refractivity contribution < 1.29 is 38.3 Å². The molecule has 4 saturated heterocycles. The van der Waals surface area contributed by atoms with Crippen LogP contribution in [0.15, 0.2) is 48.5 Å². The van der Waals surface area contributed by atoms with Crippen molar-refractivity contribution in [2.75, 3.05) is 18.6 Å². The Morgan fingerprint density at radius 3 is 1.55 bits per heavy atom. The van der Waals surface area contributed by atoms with Gasteiger partial charge in [-0.05, 0) is 145 Å². The van der Waals surface area contributed by atoms with Crippen molar-refractivity contribution in [1.29, 1.82) is 0 Å². The van der Waals surface area contributed by atoms with Crippen LogP contribution < -0.4 is 21.3 Å². The molecule has 0 unspecified atom stereocenters. The zero-order valence-electron chi connectivity index (χ0n) is 41.4. The molecule has 7 amide bonds. The van der Waals surface area contributed by atoms with E-state index in [0.717, 1.165) is 69.1 Å². The van der Waals surface area contributed by atoms with Gasteiger partial charge in [-0.2, -0.15) is 0 Å². The molecule has 4 N–H and O–H groups in total. The molecule has 0 aromatic heterocycles. The molecule has 6 aliphatic rings. The summed E-state index contributed by atoms with van der Waals surface area (Å²) in [4.78, 5) is 96.5. The molecular formula is C52H73N7O8S2. The number of nitrogens with one attached hydrogen (secondary N) is 4. The standard InChI is InChI=1S/C28H40N4O5S.C24H33N3O3S/c1-17(31(5)27(36)37-28(2,3)4)24(33)30-21-15-16-38-23-14-13-22(32(23)26(21)35)25(34)29-20-12-8-10-18-9-6-7-11-19(18)20;1-3-15(2)22(28)26-19-13-14-31-21-12-11-20(27(21)24(19)30)23(29)25-18-10-6-8-16-7-4-5-9-17(16)18/h6-7,9,11,17,20-23H,8,10,12-16H2,1-5H3,(H,29,34)(H,30,33);4-5,7,9,15,18-21H,3,6,8,10-14H2,1-2H3,(H,25,29)(H,26,28)/t17-,20+,21-,22+,23-;15-,18-,19+,20-,21+/m01/s1. The number of carbonyl (C=O) groups excluding carboxylic acids is 7. The lowest BCUT2D eigenvalue weighted by atomic mass is 9.87. The van der Waals surface area contributed by atoms with Crippen LogP contribution >= 0.6 is 23.5 Å². The van der Waals surface area contributed by atoms with E-state index in [9.17, 15) is 33.6 Å². The second kappa shape index (κ2) is 23.0. The van der Waals surface area contributed by atoms with Gasteiger partial charge in [-0.15, -0.1) is 23.5 Å². The largest absolute Gasteiger partial charge is 0.444 e. The van der Waals surface area contributed by atoms with Gasteiger partial charge in [0.25, 0.3) is 0 Å². The zero-order chi connectivity index (χ0) is 49.6. The lowest BCUT2D eigenvalue weighted by Gasteiger charge is -2.33. The summed E-state index contributed by atoms with van der Waals surface area (Å²) >= 11 is 3.39. The quantitative estimate of drug-likeness (QED) is 0.204. The molecule has 0 bridgehead atoms. The molecule has 0 spiro atoms. The van der Waals surface area contributed by atoms with E-state index in [4.69, 9.17) is 4.74 Å². The van der Waals surface area contributed by atoms with Crippen LogP contribution in [0.1, 0.15) is 147 Å². The van der Waals surface area contributed by atoms with E-state index in [2.05, 4.69) is 45.5 Å². The summed E-state index contributed by atoms with van der Waals surface area (Å²) in [6.45, 7) is 10.7. The molecule has 4 aliphatic heterocycles. The summed E-state index contributed by atoms with van der Waals surface area (Å²) in [7, 11) is 1.50. The van der Waals surface area contributed by atoms with Crippen LogP contribution in [-0.2, 0) is 46.3 Å². The summed E-state index contributed by atoms with van der Waals surface area (Å²) in [5, 5.41) is 12.2. The fraction of sp³-hybridized carbons (Fsp3) is 0.635. The first-order valence-corrected chi connectivity index (χ1v) is 27.3. The first-order chi connectivity index (χ1) is 32.9. The van der Waals surface area contributed by atoms with Crippen molar-refractivity contribution in [2.24, 2.45) is 5.92 Å². The number of hydrogen-bond donors (Lipinski definition) is 4. The fourth-order valence-corrected chi connectivity index (χ4v) is 13.0. The highest BCUT2D eigenvalue weighted by molar-refractivity contribution is 8.00. The van der Waals surface area contributed by atoms with Gasteiger partial charge >= 0.3 is 6.09 Å². The highest BCUT2D eigenvalue weighted by Crippen LogP contribution is 2.39. The summed E-state index contributed by atoms with van der Waals surface area (Å²) in [6.07, 6.45) is 9.98. The number of nitrogens with zero attached hydrogens (tertiary/aromatic N) is 3. The summed E-state index contributed by atoms with van der Waals surface area (Å²) in [5.41, 5.74) is 4.25. The van der Waals surface area contributed by atoms with E-state index in [1.54, 1.807) is 61.0 Å². The maximum absolute atomic E-state index is 13.7. The second-order valence-corrected chi connectivity index (χ2v) is 23.0. The zero-order valence-corrected chi connectivity index (χ0v) is 43.1. The number of carbonyl (C=O) groups is 7. The van der Waals surface area contributed by atoms with Gasteiger partial charge in [-0.3, -0.25) is 33.7 Å². The van der Waals surface area contributed by atoms with E-state index < -0.39 is 47.8 Å². The average molecular weight is 988 g/mol. The maximum Gasteiger partial charge on any atom is 0.410 e. The smallest absolute Gasteiger partial charge is 0.410 e. The number of likely N-dealkylation sites (N-methyl/N-ethyl adjacent to an activating group) is 1. The summed E-state index contributed by atoms with van der Waals surface area (Å²) in [6, 6.07) is 13.3. The second-order valence-electron chi connectivity index (χ2n) is 20.4. The number of thioether (sulfide) groups is 2. The van der Waals surface area contributed by atoms with Crippen LogP contribution in [0.5, 0.6) is 0 Å². The minimum Gasteiger partial charge on any atom is -0.444 e. The van der Waals surface area contributed by atoms with Crippen molar-refractivity contribution in [3.63, 3.8) is 0 Å². The molecular weight excluding hydrogens is 915 g/mol. The molecule has 69 heavy (non-hydrogen) atoms. The molecule has 17 heteroatoms. The van der Waals surface area contributed by atoms with Crippen LogP contribution in [0.4, 0.5) is 4.79 Å². The van der Waals surface area contributed by atoms with Gasteiger partial charge in [0.15, 0.2) is 0 Å². The molecule has 0 saturated carbocycles. The van der Waals surface area contributed by atoms with Gasteiger partial charge in [0, 0.05) is 13.0 Å². The molecule has 0 radical (unpaired) electrons. The molecule has 4 fully saturated rings. The number of rotatable bonds is 10. The van der Waals surface area contributed by atoms with E-state index in [1.807, 2.05) is 38.1 Å². The Hall–Kier alpha value is -4.77. The minimum atomic E-state index is -0.826. The van der Waals surface area contributed by atoms with Crippen LogP contribution in [0.2, 0.25) is 0 Å². The Labute approximate surface area is 416 Å². The first-order valence-electron chi connectivity index (χ1n) is 25.2. The van der Waals surface area contributed by atoms with Gasteiger partial charge in [0.1, 0.15) is 35.8 Å². The highest BCUT2D eigenvalue weighted by Gasteiger charge is 2.47. The first kappa shape index (κ1) is 52.1. The van der Waals surface area contributed by atoms with Crippen molar-refractivity contribution in [3.8, 4) is 0 Å². The number of amides is 7. The van der Waals surface area contributed by atoms with Gasteiger partial charge in [0.2, 0.25) is 35.4 Å². The Balaban J connectivity index is 0.000000208. The lowest BCUT2D eigenvalue weighted by molar-refractivity contribution is -0.142. The van der Waals surface area contributed by atoms with Crippen molar-refractivity contribution in [1.82, 2.24) is 36.0 Å². The molecule has 10 atom stereocenters. The van der Waals surface area contributed by atoms with Gasteiger partial charge < -0.3 is 35.8 Å². The van der Waals surface area contributed by atoms with Crippen LogP contribution in [0, 0.1) is 5.92 Å². The number of hydrogen-bond acceptors (Lipinski definition) is 10. The predicted molar refractivity (Wildman–Crippen MR) is 269 cm³/mol. The number of ether oxygens (including phenoxy) is 1. The summed E-state index contributed by atoms with van der Waals surface area (Å²) < 4.78 is 5.37. The van der Waals surface area contributed by atoms with E-state index in [-0.39, 0.29) is 58.3 Å². The normalized spacial score (nSPS) is 27.2. The third-order valence-corrected chi connectivity index (χ3v) is 17.2. The summed E-state index contributed by atoms with van der Waals surface area (Å²) in [5.74, 6) is 0.336. The maximum atomic E-state index is 13.7.